The molecule has 2 aromatic carbocycles. The smallest absolute Gasteiger partial charge is 0.225 e. The maximum atomic E-state index is 12.9. The SMILES string of the molecule is O=S(c1ccc2ccccc2c1)N1CCN(c2ncccn2)CC1. The molecule has 5 nitrogen and oxygen atoms in total. The standard InChI is InChI=1S/C18H18N4OS/c23-24(17-7-6-15-4-1-2-5-16(15)14-17)22-12-10-21(11-13-22)18-19-8-3-9-20-18/h1-9,14H,10-13H2. The highest BCUT2D eigenvalue weighted by atomic mass is 32.2. The van der Waals surface area contributed by atoms with Crippen LogP contribution in [0.1, 0.15) is 0 Å². The van der Waals surface area contributed by atoms with E-state index in [1.54, 1.807) is 12.4 Å². The number of hydrogen-bond donors (Lipinski definition) is 0. The second-order valence-corrected chi connectivity index (χ2v) is 7.21. The van der Waals surface area contributed by atoms with Crippen molar-refractivity contribution in [2.75, 3.05) is 31.1 Å². The van der Waals surface area contributed by atoms with Gasteiger partial charge in [0.25, 0.3) is 0 Å². The van der Waals surface area contributed by atoms with Gasteiger partial charge in [-0.05, 0) is 29.0 Å². The maximum absolute atomic E-state index is 12.9. The van der Waals surface area contributed by atoms with Crippen molar-refractivity contribution in [3.63, 3.8) is 0 Å². The highest BCUT2D eigenvalue weighted by Gasteiger charge is 2.23. The lowest BCUT2D eigenvalue weighted by atomic mass is 10.1. The molecule has 0 spiro atoms. The fourth-order valence-electron chi connectivity index (χ4n) is 2.93. The third kappa shape index (κ3) is 3.02. The topological polar surface area (TPSA) is 49.3 Å². The Bertz CT molecular complexity index is 863. The second kappa shape index (κ2) is 6.67. The highest BCUT2D eigenvalue weighted by Crippen LogP contribution is 2.21. The zero-order chi connectivity index (χ0) is 16.4. The Morgan fingerprint density at radius 3 is 2.29 bits per heavy atom. The Kier molecular flexibility index (Phi) is 4.23. The summed E-state index contributed by atoms with van der Waals surface area (Å²) in [5, 5.41) is 2.30. The third-order valence-corrected chi connectivity index (χ3v) is 5.72. The lowest BCUT2D eigenvalue weighted by Gasteiger charge is -2.33. The van der Waals surface area contributed by atoms with Crippen molar-refractivity contribution in [2.45, 2.75) is 4.90 Å². The summed E-state index contributed by atoms with van der Waals surface area (Å²) in [5.41, 5.74) is 0. The van der Waals surface area contributed by atoms with Crippen molar-refractivity contribution in [1.82, 2.24) is 14.3 Å². The number of fused-ring (bicyclic) bond motifs is 1. The summed E-state index contributed by atoms with van der Waals surface area (Å²) >= 11 is 0. The molecule has 0 saturated carbocycles. The molecule has 0 radical (unpaired) electrons. The summed E-state index contributed by atoms with van der Waals surface area (Å²) in [4.78, 5) is 11.6. The molecule has 1 aliphatic rings. The number of nitrogens with zero attached hydrogens (tertiary/aromatic N) is 4. The molecule has 1 aromatic heterocycles. The minimum absolute atomic E-state index is 0.734. The van der Waals surface area contributed by atoms with Gasteiger partial charge in [-0.3, -0.25) is 0 Å². The first-order valence-corrected chi connectivity index (χ1v) is 9.09. The van der Waals surface area contributed by atoms with Crippen molar-refractivity contribution in [3.05, 3.63) is 60.9 Å². The molecule has 1 saturated heterocycles. The first kappa shape index (κ1) is 15.2. The molecular formula is C18H18N4OS. The molecule has 1 atom stereocenters. The first-order chi connectivity index (χ1) is 11.8. The Hall–Kier alpha value is -2.31. The van der Waals surface area contributed by atoms with Crippen molar-refractivity contribution >= 4 is 27.7 Å². The summed E-state index contributed by atoms with van der Waals surface area (Å²) in [6, 6.07) is 16.0. The zero-order valence-corrected chi connectivity index (χ0v) is 14.0. The molecule has 3 aromatic rings. The van der Waals surface area contributed by atoms with Gasteiger partial charge < -0.3 is 4.90 Å². The lowest BCUT2D eigenvalue weighted by molar-refractivity contribution is 0.407. The van der Waals surface area contributed by atoms with E-state index in [-0.39, 0.29) is 0 Å². The van der Waals surface area contributed by atoms with Crippen LogP contribution in [-0.4, -0.2) is 44.7 Å². The Morgan fingerprint density at radius 2 is 1.54 bits per heavy atom. The van der Waals surface area contributed by atoms with Crippen molar-refractivity contribution < 1.29 is 4.21 Å². The van der Waals surface area contributed by atoms with Crippen LogP contribution in [-0.2, 0) is 11.0 Å². The number of piperazine rings is 1. The highest BCUT2D eigenvalue weighted by molar-refractivity contribution is 7.82. The van der Waals surface area contributed by atoms with Gasteiger partial charge in [0.2, 0.25) is 5.95 Å². The number of rotatable bonds is 3. The van der Waals surface area contributed by atoms with Gasteiger partial charge in [0.1, 0.15) is 11.0 Å². The van der Waals surface area contributed by atoms with Crippen LogP contribution in [0.4, 0.5) is 5.95 Å². The van der Waals surface area contributed by atoms with E-state index in [4.69, 9.17) is 0 Å². The van der Waals surface area contributed by atoms with Crippen LogP contribution in [0.3, 0.4) is 0 Å². The normalized spacial score (nSPS) is 17.1. The fourth-order valence-corrected chi connectivity index (χ4v) is 4.14. The monoisotopic (exact) mass is 338 g/mol. The van der Waals surface area contributed by atoms with Crippen molar-refractivity contribution in [3.8, 4) is 0 Å². The van der Waals surface area contributed by atoms with Gasteiger partial charge in [0.15, 0.2) is 0 Å². The van der Waals surface area contributed by atoms with Crippen molar-refractivity contribution in [1.29, 1.82) is 0 Å². The zero-order valence-electron chi connectivity index (χ0n) is 13.2. The molecule has 0 aliphatic carbocycles. The van der Waals surface area contributed by atoms with E-state index in [0.717, 1.165) is 42.4 Å². The maximum Gasteiger partial charge on any atom is 0.225 e. The summed E-state index contributed by atoms with van der Waals surface area (Å²) in [6.07, 6.45) is 3.50. The van der Waals surface area contributed by atoms with Crippen LogP contribution in [0.2, 0.25) is 0 Å². The molecular weight excluding hydrogens is 320 g/mol. The average Bonchev–Trinajstić information content (AvgIpc) is 2.68. The molecule has 2 heterocycles. The van der Waals surface area contributed by atoms with Gasteiger partial charge in [0.05, 0.1) is 4.90 Å². The van der Waals surface area contributed by atoms with Gasteiger partial charge in [-0.15, -0.1) is 0 Å². The van der Waals surface area contributed by atoms with E-state index in [2.05, 4.69) is 27.0 Å². The van der Waals surface area contributed by atoms with E-state index in [1.165, 1.54) is 5.39 Å². The Balaban J connectivity index is 1.47. The molecule has 6 heteroatoms. The van der Waals surface area contributed by atoms with Gasteiger partial charge in [0, 0.05) is 38.6 Å². The Morgan fingerprint density at radius 1 is 0.833 bits per heavy atom. The minimum atomic E-state index is -1.13. The Labute approximate surface area is 143 Å². The number of anilines is 1. The molecule has 122 valence electrons. The molecule has 0 amide bonds. The summed E-state index contributed by atoms with van der Waals surface area (Å²) in [7, 11) is -1.13. The van der Waals surface area contributed by atoms with Crippen LogP contribution in [0.5, 0.6) is 0 Å². The van der Waals surface area contributed by atoms with Crippen LogP contribution in [0.15, 0.2) is 65.8 Å². The molecule has 1 unspecified atom stereocenters. The van der Waals surface area contributed by atoms with Gasteiger partial charge in [-0.1, -0.05) is 30.3 Å². The van der Waals surface area contributed by atoms with E-state index in [9.17, 15) is 4.21 Å². The van der Waals surface area contributed by atoms with Gasteiger partial charge in [-0.2, -0.15) is 0 Å². The first-order valence-electron chi connectivity index (χ1n) is 7.99. The largest absolute Gasteiger partial charge is 0.338 e. The fraction of sp³-hybridized carbons (Fsp3) is 0.222. The minimum Gasteiger partial charge on any atom is -0.338 e. The van der Waals surface area contributed by atoms with Crippen LogP contribution >= 0.6 is 0 Å². The average molecular weight is 338 g/mol. The van der Waals surface area contributed by atoms with Crippen LogP contribution in [0.25, 0.3) is 10.8 Å². The second-order valence-electron chi connectivity index (χ2n) is 5.72. The molecule has 0 bridgehead atoms. The van der Waals surface area contributed by atoms with E-state index in [1.807, 2.05) is 40.7 Å². The lowest BCUT2D eigenvalue weighted by Crippen LogP contribution is -2.47. The molecule has 1 fully saturated rings. The third-order valence-electron chi connectivity index (χ3n) is 4.23. The van der Waals surface area contributed by atoms with Gasteiger partial charge in [-0.25, -0.2) is 18.5 Å². The van der Waals surface area contributed by atoms with E-state index in [0.29, 0.717) is 0 Å². The number of aromatic nitrogens is 2. The summed E-state index contributed by atoms with van der Waals surface area (Å²) in [6.45, 7) is 3.03. The quantitative estimate of drug-likeness (QED) is 0.736. The van der Waals surface area contributed by atoms with Crippen molar-refractivity contribution in [2.24, 2.45) is 0 Å². The predicted molar refractivity (Wildman–Crippen MR) is 96.2 cm³/mol. The summed E-state index contributed by atoms with van der Waals surface area (Å²) in [5.74, 6) is 0.744. The van der Waals surface area contributed by atoms with Crippen LogP contribution < -0.4 is 4.90 Å². The number of hydrogen-bond acceptors (Lipinski definition) is 4. The van der Waals surface area contributed by atoms with Gasteiger partial charge >= 0.3 is 0 Å². The summed E-state index contributed by atoms with van der Waals surface area (Å²) < 4.78 is 14.9. The molecule has 1 aliphatic heterocycles. The molecule has 0 N–H and O–H groups in total. The predicted octanol–water partition coefficient (Wildman–Crippen LogP) is 2.47. The van der Waals surface area contributed by atoms with E-state index >= 15 is 0 Å². The molecule has 24 heavy (non-hydrogen) atoms. The molecule has 4 rings (SSSR count). The van der Waals surface area contributed by atoms with E-state index < -0.39 is 11.0 Å². The van der Waals surface area contributed by atoms with Crippen LogP contribution in [0, 0.1) is 0 Å². The number of benzene rings is 2.